The minimum atomic E-state index is -4.76. The molecule has 178 valence electrons. The molecule has 0 bridgehead atoms. The van der Waals surface area contributed by atoms with E-state index in [9.17, 15) is 17.8 Å². The lowest BCUT2D eigenvalue weighted by molar-refractivity contribution is -0.146. The maximum atomic E-state index is 12.7. The molecule has 0 heterocycles. The van der Waals surface area contributed by atoms with Crippen molar-refractivity contribution >= 4 is 16.1 Å². The highest BCUT2D eigenvalue weighted by molar-refractivity contribution is 7.86. The van der Waals surface area contributed by atoms with E-state index in [1.807, 2.05) is 6.92 Å². The quantitative estimate of drug-likeness (QED) is 0.0680. The predicted molar refractivity (Wildman–Crippen MR) is 114 cm³/mol. The third-order valence-corrected chi connectivity index (χ3v) is 6.13. The number of esters is 1. The summed E-state index contributed by atoms with van der Waals surface area (Å²) in [6, 6.07) is 3.60. The summed E-state index contributed by atoms with van der Waals surface area (Å²) in [7, 11) is -4.76. The molecule has 31 heavy (non-hydrogen) atoms. The summed E-state index contributed by atoms with van der Waals surface area (Å²) in [4.78, 5) is 12.0. The average Bonchev–Trinajstić information content (AvgIpc) is 2.64. The second-order valence-electron chi connectivity index (χ2n) is 7.60. The lowest BCUT2D eigenvalue weighted by Gasteiger charge is -2.55. The summed E-state index contributed by atoms with van der Waals surface area (Å²) in [5.74, 6) is -2.14. The minimum Gasteiger partial charge on any atom is -0.423 e. The molecule has 15 heteroatoms. The standard InChI is InChI=1S/C16H33N9O5S/c1-2-3-8-11(17)13(18,19)15(22,23)16(24,25)14(20,21)12(26)30-9-6-4-5-7-10(9)31(27,28)29/h4-7,11H,2-3,8,17-25H2,1H3,(H,27,28,29). The monoisotopic (exact) mass is 463 g/mol. The Morgan fingerprint density at radius 2 is 1.55 bits per heavy atom. The summed E-state index contributed by atoms with van der Waals surface area (Å²) in [6.07, 6.45) is 1.68. The zero-order valence-corrected chi connectivity index (χ0v) is 18.0. The zero-order chi connectivity index (χ0) is 24.5. The zero-order valence-electron chi connectivity index (χ0n) is 17.2. The van der Waals surface area contributed by atoms with E-state index in [1.165, 1.54) is 12.1 Å². The third kappa shape index (κ3) is 5.02. The lowest BCUT2D eigenvalue weighted by Crippen LogP contribution is -3.00. The average molecular weight is 464 g/mol. The van der Waals surface area contributed by atoms with Crippen molar-refractivity contribution in [2.45, 2.75) is 59.8 Å². The second-order valence-corrected chi connectivity index (χ2v) is 8.99. The van der Waals surface area contributed by atoms with Gasteiger partial charge in [-0.05, 0) is 18.6 Å². The van der Waals surface area contributed by atoms with Gasteiger partial charge in [0.05, 0.1) is 0 Å². The van der Waals surface area contributed by atoms with E-state index in [-0.39, 0.29) is 0 Å². The van der Waals surface area contributed by atoms with Crippen LogP contribution in [0.1, 0.15) is 26.2 Å². The van der Waals surface area contributed by atoms with Gasteiger partial charge >= 0.3 is 5.97 Å². The molecule has 0 saturated carbocycles. The molecule has 0 fully saturated rings. The Labute approximate surface area is 180 Å². The highest BCUT2D eigenvalue weighted by Crippen LogP contribution is 2.28. The Kier molecular flexibility index (Phi) is 7.92. The Morgan fingerprint density at radius 1 is 1.03 bits per heavy atom. The van der Waals surface area contributed by atoms with Crippen molar-refractivity contribution in [3.05, 3.63) is 24.3 Å². The number of hydrogen-bond acceptors (Lipinski definition) is 13. The third-order valence-electron chi connectivity index (χ3n) is 5.24. The first-order valence-electron chi connectivity index (χ1n) is 9.21. The van der Waals surface area contributed by atoms with E-state index >= 15 is 0 Å². The number of hydrogen-bond donors (Lipinski definition) is 10. The molecule has 0 aliphatic rings. The summed E-state index contributed by atoms with van der Waals surface area (Å²) < 4.78 is 37.2. The molecule has 1 aromatic rings. The number of nitrogens with two attached hydrogens (primary N) is 9. The highest BCUT2D eigenvalue weighted by Gasteiger charge is 2.65. The summed E-state index contributed by atoms with van der Waals surface area (Å²) >= 11 is 0. The van der Waals surface area contributed by atoms with Crippen LogP contribution in [0, 0.1) is 0 Å². The van der Waals surface area contributed by atoms with Gasteiger partial charge in [0.25, 0.3) is 10.1 Å². The first-order valence-corrected chi connectivity index (χ1v) is 10.6. The number of ether oxygens (including phenoxy) is 1. The van der Waals surface area contributed by atoms with Gasteiger partial charge in [-0.15, -0.1) is 0 Å². The van der Waals surface area contributed by atoms with Crippen LogP contribution in [0.25, 0.3) is 0 Å². The van der Waals surface area contributed by atoms with Crippen molar-refractivity contribution < 1.29 is 22.5 Å². The Balaban J connectivity index is 3.34. The molecule has 1 rings (SSSR count). The highest BCUT2D eigenvalue weighted by atomic mass is 32.2. The van der Waals surface area contributed by atoms with Crippen molar-refractivity contribution in [1.29, 1.82) is 0 Å². The minimum absolute atomic E-state index is 0.296. The first kappa shape index (κ1) is 27.3. The van der Waals surface area contributed by atoms with Crippen molar-refractivity contribution in [2.75, 3.05) is 0 Å². The smallest absolute Gasteiger partial charge is 0.349 e. The molecule has 0 aliphatic carbocycles. The molecule has 1 unspecified atom stereocenters. The Bertz CT molecular complexity index is 902. The molecule has 0 amide bonds. The van der Waals surface area contributed by atoms with Crippen molar-refractivity contribution in [1.82, 2.24) is 0 Å². The molecule has 19 N–H and O–H groups in total. The van der Waals surface area contributed by atoms with Crippen LogP contribution in [-0.2, 0) is 14.9 Å². The molecule has 0 saturated heterocycles. The van der Waals surface area contributed by atoms with E-state index in [4.69, 9.17) is 56.3 Å². The van der Waals surface area contributed by atoms with Gasteiger partial charge in [0.15, 0.2) is 11.4 Å². The van der Waals surface area contributed by atoms with Crippen LogP contribution < -0.4 is 56.3 Å². The summed E-state index contributed by atoms with van der Waals surface area (Å²) in [5, 5.41) is 0. The van der Waals surface area contributed by atoms with E-state index in [0.717, 1.165) is 18.6 Å². The second kappa shape index (κ2) is 9.00. The fraction of sp³-hybridized carbons (Fsp3) is 0.562. The van der Waals surface area contributed by atoms with E-state index < -0.39 is 55.4 Å². The van der Waals surface area contributed by atoms with Gasteiger partial charge in [-0.25, -0.2) is 4.79 Å². The van der Waals surface area contributed by atoms with E-state index in [1.54, 1.807) is 0 Å². The van der Waals surface area contributed by atoms with Gasteiger partial charge in [0.2, 0.25) is 0 Å². The van der Waals surface area contributed by atoms with Crippen LogP contribution in [-0.4, -0.2) is 47.6 Å². The topological polar surface area (TPSA) is 315 Å². The molecule has 14 nitrogen and oxygen atoms in total. The molecule has 0 radical (unpaired) electrons. The SMILES string of the molecule is CCCCC(N)C(N)(N)C(N)(N)C(N)(N)C(N)(N)C(=O)Oc1ccccc1S(=O)(=O)O. The summed E-state index contributed by atoms with van der Waals surface area (Å²) in [5.41, 5.74) is 43.7. The molecule has 1 atom stereocenters. The van der Waals surface area contributed by atoms with Crippen LogP contribution in [0.4, 0.5) is 0 Å². The summed E-state index contributed by atoms with van der Waals surface area (Å²) in [6.45, 7) is 1.90. The van der Waals surface area contributed by atoms with Gasteiger partial charge in [-0.2, -0.15) is 8.42 Å². The molecule has 1 aromatic carbocycles. The molecule has 0 spiro atoms. The van der Waals surface area contributed by atoms with E-state index in [2.05, 4.69) is 0 Å². The van der Waals surface area contributed by atoms with Crippen LogP contribution >= 0.6 is 0 Å². The van der Waals surface area contributed by atoms with Crippen LogP contribution in [0.3, 0.4) is 0 Å². The fourth-order valence-corrected chi connectivity index (χ4v) is 3.39. The van der Waals surface area contributed by atoms with Crippen molar-refractivity contribution in [3.63, 3.8) is 0 Å². The van der Waals surface area contributed by atoms with Gasteiger partial charge in [-0.1, -0.05) is 31.9 Å². The molecule has 0 aromatic heterocycles. The Morgan fingerprint density at radius 3 is 2.03 bits per heavy atom. The van der Waals surface area contributed by atoms with Gasteiger partial charge in [-0.3, -0.25) is 4.55 Å². The maximum Gasteiger partial charge on any atom is 0.349 e. The van der Waals surface area contributed by atoms with Gasteiger partial charge < -0.3 is 56.3 Å². The molecule has 0 aliphatic heterocycles. The number of carbonyl (C=O) groups excluding carboxylic acids is 1. The number of benzene rings is 1. The van der Waals surface area contributed by atoms with Crippen LogP contribution in [0.2, 0.25) is 0 Å². The lowest BCUT2D eigenvalue weighted by atomic mass is 9.73. The van der Waals surface area contributed by atoms with Crippen LogP contribution in [0.5, 0.6) is 5.75 Å². The van der Waals surface area contributed by atoms with Crippen molar-refractivity contribution in [3.8, 4) is 5.75 Å². The molecular formula is C16H33N9O5S. The van der Waals surface area contributed by atoms with Gasteiger partial charge in [0.1, 0.15) is 21.9 Å². The first-order chi connectivity index (χ1) is 13.9. The maximum absolute atomic E-state index is 12.7. The Hall–Kier alpha value is -1.76. The number of rotatable bonds is 10. The largest absolute Gasteiger partial charge is 0.423 e. The molecular weight excluding hydrogens is 430 g/mol. The predicted octanol–water partition coefficient (Wildman–Crippen LogP) is -4.19. The number of para-hydroxylation sites is 1. The number of unbranched alkanes of at least 4 members (excludes halogenated alkanes) is 1. The fourth-order valence-electron chi connectivity index (χ4n) is 2.77. The van der Waals surface area contributed by atoms with E-state index in [0.29, 0.717) is 12.8 Å². The van der Waals surface area contributed by atoms with Crippen LogP contribution in [0.15, 0.2) is 29.2 Å². The normalized spacial score (nSPS) is 14.9. The van der Waals surface area contributed by atoms with Gasteiger partial charge in [0, 0.05) is 6.04 Å². The number of carbonyl (C=O) groups is 1. The van der Waals surface area contributed by atoms with Crippen molar-refractivity contribution in [2.24, 2.45) is 51.6 Å².